The van der Waals surface area contributed by atoms with E-state index in [1.807, 2.05) is 29.3 Å². The number of H-pyrrole nitrogens is 1. The van der Waals surface area contributed by atoms with Crippen molar-refractivity contribution in [2.24, 2.45) is 0 Å². The minimum absolute atomic E-state index is 0.0435. The molecule has 248 valence electrons. The van der Waals surface area contributed by atoms with Crippen molar-refractivity contribution in [3.63, 3.8) is 0 Å². The van der Waals surface area contributed by atoms with Gasteiger partial charge in [0.05, 0.1) is 5.92 Å². The molecule has 1 spiro atoms. The number of rotatable bonds is 6. The molecule has 3 saturated heterocycles. The number of aromatic amines is 1. The number of aromatic nitrogens is 1. The summed E-state index contributed by atoms with van der Waals surface area (Å²) in [4.78, 5) is 48.3. The van der Waals surface area contributed by atoms with Gasteiger partial charge in [-0.25, -0.2) is 4.79 Å². The number of likely N-dealkylation sites (tertiary alicyclic amines) is 2. The topological polar surface area (TPSA) is 127 Å². The maximum atomic E-state index is 14.2. The van der Waals surface area contributed by atoms with Gasteiger partial charge < -0.3 is 30.7 Å². The standard InChI is InChI=1S/C35H44N6O3.CH3BO/c42-32(40-16-5-6-17-40)28-21-35(29-11-3-1-10-27(28)29)13-18-41(19-14-35)33(43)31(39-34(44)38-25-8-7-15-36-23-25)20-24-22-37-30-12-4-2-9-26(24)30;1-2-3/h1-4,9-12,22,25,28,31,36-37H,5-8,13-21,23H2,(H2,38,39,44);1H3/t25?,28-,31?;/m1./s1. The van der Waals surface area contributed by atoms with Gasteiger partial charge in [-0.3, -0.25) is 9.59 Å². The van der Waals surface area contributed by atoms with Crippen LogP contribution in [0.3, 0.4) is 0 Å². The number of carbonyl (C=O) groups excluding carboxylic acids is 3. The molecule has 2 aromatic carbocycles. The van der Waals surface area contributed by atoms with Crippen molar-refractivity contribution in [2.45, 2.75) is 81.6 Å². The van der Waals surface area contributed by atoms with Gasteiger partial charge in [-0.1, -0.05) is 42.5 Å². The number of nitrogens with one attached hydrogen (secondary N) is 4. The molecule has 0 bridgehead atoms. The third-order valence-electron chi connectivity index (χ3n) is 10.6. The molecule has 1 aromatic heterocycles. The Morgan fingerprint density at radius 3 is 2.45 bits per heavy atom. The summed E-state index contributed by atoms with van der Waals surface area (Å²) >= 11 is 0. The minimum atomic E-state index is -0.680. The number of nitrogens with zero attached hydrogens (tertiary/aromatic N) is 2. The largest absolute Gasteiger partial charge is 0.361 e. The Kier molecular flexibility index (Phi) is 10.4. The van der Waals surface area contributed by atoms with Crippen LogP contribution in [0.4, 0.5) is 4.79 Å². The van der Waals surface area contributed by atoms with E-state index in [4.69, 9.17) is 4.70 Å². The van der Waals surface area contributed by atoms with E-state index in [1.165, 1.54) is 17.9 Å². The van der Waals surface area contributed by atoms with Crippen LogP contribution in [0.15, 0.2) is 54.7 Å². The summed E-state index contributed by atoms with van der Waals surface area (Å²) in [7, 11) is 0.750. The van der Waals surface area contributed by atoms with Crippen LogP contribution in [-0.4, -0.2) is 91.1 Å². The maximum Gasteiger partial charge on any atom is 0.315 e. The number of urea groups is 1. The molecule has 0 saturated carbocycles. The third-order valence-corrected chi connectivity index (χ3v) is 10.6. The Morgan fingerprint density at radius 2 is 1.70 bits per heavy atom. The molecule has 11 heteroatoms. The average molecular weight is 639 g/mol. The molecule has 4 N–H and O–H groups in total. The van der Waals surface area contributed by atoms with Crippen molar-refractivity contribution in [3.8, 4) is 0 Å². The number of amides is 4. The van der Waals surface area contributed by atoms with Crippen LogP contribution in [0.5, 0.6) is 0 Å². The summed E-state index contributed by atoms with van der Waals surface area (Å²) in [6, 6.07) is 15.6. The Hall–Kier alpha value is -3.99. The van der Waals surface area contributed by atoms with Gasteiger partial charge in [0.2, 0.25) is 11.8 Å². The monoisotopic (exact) mass is 638 g/mol. The van der Waals surface area contributed by atoms with Crippen LogP contribution in [0.1, 0.15) is 67.6 Å². The number of piperidine rings is 2. The normalized spacial score (nSPS) is 22.1. The average Bonchev–Trinajstić information content (AvgIpc) is 3.85. The van der Waals surface area contributed by atoms with Crippen molar-refractivity contribution in [1.82, 2.24) is 30.7 Å². The predicted molar refractivity (Wildman–Crippen MR) is 183 cm³/mol. The molecule has 4 amide bonds. The van der Waals surface area contributed by atoms with Crippen molar-refractivity contribution >= 4 is 35.9 Å². The zero-order chi connectivity index (χ0) is 32.8. The maximum absolute atomic E-state index is 14.2. The molecule has 3 aliphatic heterocycles. The second-order valence-corrected chi connectivity index (χ2v) is 13.5. The second-order valence-electron chi connectivity index (χ2n) is 13.5. The van der Waals surface area contributed by atoms with E-state index in [0.29, 0.717) is 19.5 Å². The Morgan fingerprint density at radius 1 is 0.979 bits per heavy atom. The van der Waals surface area contributed by atoms with Gasteiger partial charge in [0.1, 0.15) is 6.04 Å². The quantitative estimate of drug-likeness (QED) is 0.305. The van der Waals surface area contributed by atoms with Gasteiger partial charge in [-0.2, -0.15) is 0 Å². The van der Waals surface area contributed by atoms with Crippen molar-refractivity contribution < 1.29 is 19.1 Å². The van der Waals surface area contributed by atoms with Crippen LogP contribution in [-0.2, 0) is 26.1 Å². The third kappa shape index (κ3) is 7.15. The first-order valence-corrected chi connectivity index (χ1v) is 17.3. The smallest absolute Gasteiger partial charge is 0.315 e. The molecule has 1 aliphatic carbocycles. The fourth-order valence-electron chi connectivity index (χ4n) is 8.20. The Balaban J connectivity index is 0.00000124. The van der Waals surface area contributed by atoms with Gasteiger partial charge in [0.15, 0.2) is 0 Å². The molecule has 3 atom stereocenters. The van der Waals surface area contributed by atoms with Gasteiger partial charge in [-0.05, 0) is 74.2 Å². The molecule has 0 radical (unpaired) electrons. The van der Waals surface area contributed by atoms with E-state index < -0.39 is 6.04 Å². The number of para-hydroxylation sites is 1. The van der Waals surface area contributed by atoms with E-state index in [2.05, 4.69) is 56.2 Å². The van der Waals surface area contributed by atoms with E-state index in [1.54, 1.807) is 0 Å². The summed E-state index contributed by atoms with van der Waals surface area (Å²) in [5.41, 5.74) is 4.40. The fraction of sp³-hybridized carbons (Fsp3) is 0.528. The zero-order valence-electron chi connectivity index (χ0n) is 27.4. The molecular formula is C36H47BN6O4. The van der Waals surface area contributed by atoms with Gasteiger partial charge >= 0.3 is 24.7 Å². The Bertz CT molecular complexity index is 1570. The fourth-order valence-corrected chi connectivity index (χ4v) is 8.20. The van der Waals surface area contributed by atoms with Crippen molar-refractivity contribution in [2.75, 3.05) is 39.3 Å². The predicted octanol–water partition coefficient (Wildman–Crippen LogP) is 3.88. The zero-order valence-corrected chi connectivity index (χ0v) is 27.4. The minimum Gasteiger partial charge on any atom is -0.361 e. The number of hydrogen-bond acceptors (Lipinski definition) is 5. The molecule has 4 aliphatic rings. The molecule has 3 fully saturated rings. The summed E-state index contributed by atoms with van der Waals surface area (Å²) in [5.74, 6) is 0.131. The summed E-state index contributed by atoms with van der Waals surface area (Å²) < 4.78 is 8.81. The first-order chi connectivity index (χ1) is 22.9. The van der Waals surface area contributed by atoms with Gasteiger partial charge in [0, 0.05) is 67.7 Å². The first kappa shape index (κ1) is 32.9. The first-order valence-electron chi connectivity index (χ1n) is 17.3. The van der Waals surface area contributed by atoms with Crippen LogP contribution >= 0.6 is 0 Å². The number of benzene rings is 2. The number of fused-ring (bicyclic) bond motifs is 3. The second kappa shape index (κ2) is 14.8. The molecule has 3 aromatic rings. The molecular weight excluding hydrogens is 591 g/mol. The number of carbonyl (C=O) groups is 3. The van der Waals surface area contributed by atoms with E-state index >= 15 is 0 Å². The summed E-state index contributed by atoms with van der Waals surface area (Å²) in [5, 5.41) is 10.6. The van der Waals surface area contributed by atoms with E-state index in [-0.39, 0.29) is 35.2 Å². The van der Waals surface area contributed by atoms with E-state index in [9.17, 15) is 14.4 Å². The van der Waals surface area contributed by atoms with Crippen LogP contribution in [0.2, 0.25) is 6.82 Å². The van der Waals surface area contributed by atoms with Gasteiger partial charge in [0.25, 0.3) is 0 Å². The SMILES string of the molecule is CB=O.O=C(NC1CCCNC1)NC(Cc1c[nH]c2ccccc12)C(=O)N1CCC2(CC1)C[C@@H](C(=O)N1CCCC1)c1ccccc12. The van der Waals surface area contributed by atoms with Crippen molar-refractivity contribution in [1.29, 1.82) is 0 Å². The molecule has 47 heavy (non-hydrogen) atoms. The van der Waals surface area contributed by atoms with Crippen LogP contribution < -0.4 is 16.0 Å². The molecule has 7 rings (SSSR count). The van der Waals surface area contributed by atoms with Crippen LogP contribution in [0, 0.1) is 0 Å². The molecule has 2 unspecified atom stereocenters. The molecule has 10 nitrogen and oxygen atoms in total. The Labute approximate surface area is 277 Å². The molecule has 4 heterocycles. The van der Waals surface area contributed by atoms with Gasteiger partial charge in [-0.15, -0.1) is 0 Å². The van der Waals surface area contributed by atoms with E-state index in [0.717, 1.165) is 94.7 Å². The number of hydrogen-bond donors (Lipinski definition) is 4. The van der Waals surface area contributed by atoms with Crippen LogP contribution in [0.25, 0.3) is 10.9 Å². The summed E-state index contributed by atoms with van der Waals surface area (Å²) in [6.07, 6.45) is 8.95. The van der Waals surface area contributed by atoms with Crippen molar-refractivity contribution in [3.05, 3.63) is 71.4 Å². The summed E-state index contributed by atoms with van der Waals surface area (Å²) in [6.45, 7) is 6.10.